The molecule has 0 spiro atoms. The molecule has 0 amide bonds. The monoisotopic (exact) mass is 221 g/mol. The van der Waals surface area contributed by atoms with Gasteiger partial charge in [-0.25, -0.2) is 0 Å². The van der Waals surface area contributed by atoms with Crippen molar-refractivity contribution >= 4 is 17.7 Å². The van der Waals surface area contributed by atoms with Crippen LogP contribution in [0.25, 0.3) is 6.08 Å². The van der Waals surface area contributed by atoms with E-state index in [4.69, 9.17) is 0 Å². The molecule has 0 heterocycles. The summed E-state index contributed by atoms with van der Waals surface area (Å²) in [5.74, 6) is -0.382. The standard InChI is InChI=1S/C11H11NO4/c1-9(13)16-8-4-6-10-5-2-3-7-11(10)12(14)15/h2-7H,8H2,1H3. The summed E-state index contributed by atoms with van der Waals surface area (Å²) in [7, 11) is 0. The molecule has 5 nitrogen and oxygen atoms in total. The molecule has 0 atom stereocenters. The Kier molecular flexibility index (Phi) is 4.20. The highest BCUT2D eigenvalue weighted by Crippen LogP contribution is 2.18. The second-order valence-corrected chi connectivity index (χ2v) is 3.02. The van der Waals surface area contributed by atoms with Gasteiger partial charge in [0.25, 0.3) is 5.69 Å². The molecule has 0 saturated carbocycles. The number of hydrogen-bond acceptors (Lipinski definition) is 4. The molecule has 1 rings (SSSR count). The second-order valence-electron chi connectivity index (χ2n) is 3.02. The maximum Gasteiger partial charge on any atom is 0.302 e. The summed E-state index contributed by atoms with van der Waals surface area (Å²) in [6.07, 6.45) is 3.12. The molecule has 0 unspecified atom stereocenters. The second kappa shape index (κ2) is 5.65. The maximum absolute atomic E-state index is 10.6. The Labute approximate surface area is 92.5 Å². The number of nitrogens with zero attached hydrogens (tertiary/aromatic N) is 1. The van der Waals surface area contributed by atoms with Gasteiger partial charge >= 0.3 is 5.97 Å². The largest absolute Gasteiger partial charge is 0.462 e. The smallest absolute Gasteiger partial charge is 0.302 e. The van der Waals surface area contributed by atoms with Gasteiger partial charge in [0.05, 0.1) is 10.5 Å². The van der Waals surface area contributed by atoms with Crippen molar-refractivity contribution in [3.8, 4) is 0 Å². The Hall–Kier alpha value is -2.17. The molecule has 0 radical (unpaired) electrons. The van der Waals surface area contributed by atoms with Gasteiger partial charge in [-0.05, 0) is 18.2 Å². The number of para-hydroxylation sites is 1. The minimum atomic E-state index is -0.453. The molecule has 16 heavy (non-hydrogen) atoms. The maximum atomic E-state index is 10.6. The lowest BCUT2D eigenvalue weighted by atomic mass is 10.1. The lowest BCUT2D eigenvalue weighted by Crippen LogP contribution is -1.97. The summed E-state index contributed by atoms with van der Waals surface area (Å²) in [5.41, 5.74) is 0.515. The Bertz CT molecular complexity index is 426. The summed E-state index contributed by atoms with van der Waals surface area (Å²) in [4.78, 5) is 20.7. The summed E-state index contributed by atoms with van der Waals surface area (Å²) < 4.78 is 4.67. The zero-order valence-electron chi connectivity index (χ0n) is 8.75. The van der Waals surface area contributed by atoms with Gasteiger partial charge < -0.3 is 4.74 Å². The van der Waals surface area contributed by atoms with Crippen molar-refractivity contribution in [1.29, 1.82) is 0 Å². The number of benzene rings is 1. The van der Waals surface area contributed by atoms with Crippen LogP contribution in [-0.4, -0.2) is 17.5 Å². The SMILES string of the molecule is CC(=O)OCC=Cc1ccccc1[N+](=O)[O-]. The Morgan fingerprint density at radius 1 is 1.50 bits per heavy atom. The molecule has 0 aromatic heterocycles. The topological polar surface area (TPSA) is 69.4 Å². The van der Waals surface area contributed by atoms with E-state index in [-0.39, 0.29) is 18.3 Å². The fraction of sp³-hybridized carbons (Fsp3) is 0.182. The summed E-state index contributed by atoms with van der Waals surface area (Å²) in [6, 6.07) is 6.36. The summed E-state index contributed by atoms with van der Waals surface area (Å²) >= 11 is 0. The highest BCUT2D eigenvalue weighted by atomic mass is 16.6. The number of carbonyl (C=O) groups excluding carboxylic acids is 1. The van der Waals surface area contributed by atoms with Crippen LogP contribution in [0.15, 0.2) is 30.3 Å². The van der Waals surface area contributed by atoms with Crippen molar-refractivity contribution in [3.63, 3.8) is 0 Å². The van der Waals surface area contributed by atoms with Gasteiger partial charge in [0.1, 0.15) is 6.61 Å². The third kappa shape index (κ3) is 3.53. The number of nitro groups is 1. The molecule has 1 aromatic rings. The van der Waals surface area contributed by atoms with Crippen molar-refractivity contribution in [2.24, 2.45) is 0 Å². The molecule has 0 N–H and O–H groups in total. The Morgan fingerprint density at radius 3 is 2.81 bits per heavy atom. The molecular formula is C11H11NO4. The molecule has 0 aliphatic heterocycles. The fourth-order valence-electron chi connectivity index (χ4n) is 1.14. The quantitative estimate of drug-likeness (QED) is 0.444. The number of carbonyl (C=O) groups is 1. The Morgan fingerprint density at radius 2 is 2.19 bits per heavy atom. The number of rotatable bonds is 4. The molecule has 1 aromatic carbocycles. The van der Waals surface area contributed by atoms with Gasteiger partial charge in [0.2, 0.25) is 0 Å². The van der Waals surface area contributed by atoms with E-state index in [1.54, 1.807) is 30.4 Å². The van der Waals surface area contributed by atoms with E-state index in [1.807, 2.05) is 0 Å². The first kappa shape index (κ1) is 11.9. The molecule has 5 heteroatoms. The number of nitro benzene ring substituents is 1. The summed E-state index contributed by atoms with van der Waals surface area (Å²) in [5, 5.41) is 10.6. The van der Waals surface area contributed by atoms with Gasteiger partial charge in [0, 0.05) is 13.0 Å². The molecule has 0 aliphatic rings. The summed E-state index contributed by atoms with van der Waals surface area (Å²) in [6.45, 7) is 1.42. The lowest BCUT2D eigenvalue weighted by Gasteiger charge is -1.97. The third-order valence-electron chi connectivity index (χ3n) is 1.81. The molecule has 84 valence electrons. The highest BCUT2D eigenvalue weighted by molar-refractivity contribution is 5.66. The van der Waals surface area contributed by atoms with Crippen LogP contribution in [0.2, 0.25) is 0 Å². The minimum Gasteiger partial charge on any atom is -0.462 e. The molecular weight excluding hydrogens is 210 g/mol. The first-order valence-electron chi connectivity index (χ1n) is 4.64. The van der Waals surface area contributed by atoms with Crippen LogP contribution in [-0.2, 0) is 9.53 Å². The van der Waals surface area contributed by atoms with Crippen LogP contribution >= 0.6 is 0 Å². The molecule has 0 saturated heterocycles. The number of esters is 1. The van der Waals surface area contributed by atoms with E-state index in [9.17, 15) is 14.9 Å². The van der Waals surface area contributed by atoms with Crippen molar-refractivity contribution in [1.82, 2.24) is 0 Å². The average molecular weight is 221 g/mol. The van der Waals surface area contributed by atoms with Crippen LogP contribution in [0.4, 0.5) is 5.69 Å². The van der Waals surface area contributed by atoms with Crippen molar-refractivity contribution in [3.05, 3.63) is 46.0 Å². The van der Waals surface area contributed by atoms with Crippen molar-refractivity contribution in [2.75, 3.05) is 6.61 Å². The van der Waals surface area contributed by atoms with Gasteiger partial charge in [-0.1, -0.05) is 12.1 Å². The Balaban J connectivity index is 2.73. The van der Waals surface area contributed by atoms with E-state index in [0.29, 0.717) is 5.56 Å². The molecule has 0 bridgehead atoms. The molecule has 0 fully saturated rings. The van der Waals surface area contributed by atoms with Crippen molar-refractivity contribution in [2.45, 2.75) is 6.92 Å². The number of ether oxygens (including phenoxy) is 1. The third-order valence-corrected chi connectivity index (χ3v) is 1.81. The molecule has 0 aliphatic carbocycles. The normalized spacial score (nSPS) is 10.3. The van der Waals surface area contributed by atoms with Gasteiger partial charge in [-0.15, -0.1) is 0 Å². The predicted molar refractivity (Wildman–Crippen MR) is 58.8 cm³/mol. The highest BCUT2D eigenvalue weighted by Gasteiger charge is 2.08. The fourth-order valence-corrected chi connectivity index (χ4v) is 1.14. The zero-order valence-corrected chi connectivity index (χ0v) is 8.75. The first-order chi connectivity index (χ1) is 7.61. The lowest BCUT2D eigenvalue weighted by molar-refractivity contribution is -0.385. The van der Waals surface area contributed by atoms with Crippen LogP contribution in [0.5, 0.6) is 0 Å². The van der Waals surface area contributed by atoms with E-state index < -0.39 is 4.92 Å². The van der Waals surface area contributed by atoms with E-state index in [2.05, 4.69) is 4.74 Å². The van der Waals surface area contributed by atoms with Crippen LogP contribution in [0.1, 0.15) is 12.5 Å². The van der Waals surface area contributed by atoms with E-state index in [1.165, 1.54) is 13.0 Å². The predicted octanol–water partition coefficient (Wildman–Crippen LogP) is 2.17. The first-order valence-corrected chi connectivity index (χ1v) is 4.64. The zero-order chi connectivity index (χ0) is 12.0. The van der Waals surface area contributed by atoms with E-state index >= 15 is 0 Å². The van der Waals surface area contributed by atoms with E-state index in [0.717, 1.165) is 0 Å². The van der Waals surface area contributed by atoms with Gasteiger partial charge in [0.15, 0.2) is 0 Å². The number of hydrogen-bond donors (Lipinski definition) is 0. The van der Waals surface area contributed by atoms with Gasteiger partial charge in [-0.2, -0.15) is 0 Å². The van der Waals surface area contributed by atoms with Crippen LogP contribution < -0.4 is 0 Å². The van der Waals surface area contributed by atoms with Crippen LogP contribution in [0.3, 0.4) is 0 Å². The minimum absolute atomic E-state index is 0.0292. The van der Waals surface area contributed by atoms with Crippen LogP contribution in [0, 0.1) is 10.1 Å². The van der Waals surface area contributed by atoms with Crippen molar-refractivity contribution < 1.29 is 14.5 Å². The van der Waals surface area contributed by atoms with Gasteiger partial charge in [-0.3, -0.25) is 14.9 Å². The average Bonchev–Trinajstić information content (AvgIpc) is 2.24.